The number of amides is 1. The summed E-state index contributed by atoms with van der Waals surface area (Å²) in [5.74, 6) is 0.719. The molecule has 1 aliphatic heterocycles. The molecule has 0 radical (unpaired) electrons. The summed E-state index contributed by atoms with van der Waals surface area (Å²) in [6.45, 7) is 4.58. The van der Waals surface area contributed by atoms with Crippen LogP contribution in [0.3, 0.4) is 0 Å². The van der Waals surface area contributed by atoms with Gasteiger partial charge in [-0.25, -0.2) is 4.79 Å². The van der Waals surface area contributed by atoms with Gasteiger partial charge in [-0.3, -0.25) is 0 Å². The Bertz CT molecular complexity index is 374. The molecule has 0 bridgehead atoms. The zero-order chi connectivity index (χ0) is 13.5. The fraction of sp³-hybridized carbons (Fsp3) is 0.750. The monoisotopic (exact) mass is 268 g/mol. The van der Waals surface area contributed by atoms with Gasteiger partial charge in [0.25, 0.3) is 0 Å². The second kappa shape index (κ2) is 7.08. The van der Waals surface area contributed by atoms with Crippen LogP contribution in [0, 0.1) is 0 Å². The van der Waals surface area contributed by atoms with E-state index in [1.54, 1.807) is 4.90 Å². The summed E-state index contributed by atoms with van der Waals surface area (Å²) >= 11 is 0. The lowest BCUT2D eigenvalue weighted by molar-refractivity contribution is 0.0951. The van der Waals surface area contributed by atoms with E-state index in [1.165, 1.54) is 6.39 Å². The maximum Gasteiger partial charge on any atom is 0.409 e. The van der Waals surface area contributed by atoms with Crippen LogP contribution in [0.4, 0.5) is 4.79 Å². The summed E-state index contributed by atoms with van der Waals surface area (Å²) in [5, 5.41) is 7.21. The Morgan fingerprint density at radius 3 is 3.00 bits per heavy atom. The molecule has 1 fully saturated rings. The number of carbonyl (C=O) groups excluding carboxylic acids is 1. The molecule has 1 saturated heterocycles. The molecule has 0 aromatic carbocycles. The number of piperidine rings is 1. The van der Waals surface area contributed by atoms with E-state index in [9.17, 15) is 4.79 Å². The van der Waals surface area contributed by atoms with Gasteiger partial charge in [0.2, 0.25) is 6.39 Å². The van der Waals surface area contributed by atoms with E-state index in [0.29, 0.717) is 12.6 Å². The fourth-order valence-corrected chi connectivity index (χ4v) is 2.17. The van der Waals surface area contributed by atoms with Crippen LogP contribution in [0.25, 0.3) is 0 Å². The number of rotatable bonds is 5. The van der Waals surface area contributed by atoms with Gasteiger partial charge in [-0.1, -0.05) is 5.16 Å². The van der Waals surface area contributed by atoms with Crippen molar-refractivity contribution >= 4 is 6.09 Å². The minimum Gasteiger partial charge on any atom is -0.450 e. The molecule has 0 saturated carbocycles. The Balaban J connectivity index is 1.62. The van der Waals surface area contributed by atoms with Crippen LogP contribution in [-0.2, 0) is 11.2 Å². The van der Waals surface area contributed by atoms with Crippen LogP contribution in [0.5, 0.6) is 0 Å². The number of nitrogens with zero attached hydrogens (tertiary/aromatic N) is 3. The fourth-order valence-electron chi connectivity index (χ4n) is 2.17. The van der Waals surface area contributed by atoms with Crippen LogP contribution in [-0.4, -0.2) is 53.4 Å². The van der Waals surface area contributed by atoms with Gasteiger partial charge in [-0.2, -0.15) is 4.98 Å². The van der Waals surface area contributed by atoms with Crippen molar-refractivity contribution in [3.63, 3.8) is 0 Å². The molecule has 0 aliphatic carbocycles. The van der Waals surface area contributed by atoms with Crippen molar-refractivity contribution in [2.75, 3.05) is 26.2 Å². The third kappa shape index (κ3) is 4.20. The van der Waals surface area contributed by atoms with Crippen molar-refractivity contribution in [3.05, 3.63) is 12.2 Å². The molecule has 0 spiro atoms. The van der Waals surface area contributed by atoms with Gasteiger partial charge in [0.1, 0.15) is 0 Å². The quantitative estimate of drug-likeness (QED) is 0.851. The summed E-state index contributed by atoms with van der Waals surface area (Å²) in [6.07, 6.45) is 3.80. The Labute approximate surface area is 112 Å². The van der Waals surface area contributed by atoms with E-state index in [1.807, 2.05) is 6.92 Å². The molecule has 0 atom stereocenters. The first-order chi connectivity index (χ1) is 9.29. The van der Waals surface area contributed by atoms with Crippen molar-refractivity contribution in [1.82, 2.24) is 20.4 Å². The Morgan fingerprint density at radius 2 is 2.37 bits per heavy atom. The topological polar surface area (TPSA) is 80.5 Å². The van der Waals surface area contributed by atoms with Gasteiger partial charge in [-0.05, 0) is 19.8 Å². The number of hydrogen-bond donors (Lipinski definition) is 1. The summed E-state index contributed by atoms with van der Waals surface area (Å²) in [4.78, 5) is 17.3. The molecule has 7 nitrogen and oxygen atoms in total. The SMILES string of the molecule is CCOC(=O)N1CCC(NCCc2ncon2)CC1. The van der Waals surface area contributed by atoms with Crippen LogP contribution in [0.15, 0.2) is 10.9 Å². The molecular weight excluding hydrogens is 248 g/mol. The van der Waals surface area contributed by atoms with Crippen molar-refractivity contribution < 1.29 is 14.1 Å². The Morgan fingerprint density at radius 1 is 1.58 bits per heavy atom. The van der Waals surface area contributed by atoms with Crippen LogP contribution >= 0.6 is 0 Å². The van der Waals surface area contributed by atoms with Crippen molar-refractivity contribution in [1.29, 1.82) is 0 Å². The molecule has 1 aromatic heterocycles. The Hall–Kier alpha value is -1.63. The summed E-state index contributed by atoms with van der Waals surface area (Å²) in [6, 6.07) is 0.442. The number of hydrogen-bond acceptors (Lipinski definition) is 6. The van der Waals surface area contributed by atoms with Crippen LogP contribution in [0.2, 0.25) is 0 Å². The van der Waals surface area contributed by atoms with E-state index in [0.717, 1.165) is 44.7 Å². The first kappa shape index (κ1) is 13.8. The van der Waals surface area contributed by atoms with Crippen molar-refractivity contribution in [3.8, 4) is 0 Å². The first-order valence-electron chi connectivity index (χ1n) is 6.70. The molecule has 1 aromatic rings. The van der Waals surface area contributed by atoms with Crippen LogP contribution < -0.4 is 5.32 Å². The summed E-state index contributed by atoms with van der Waals surface area (Å²) in [7, 11) is 0. The molecule has 106 valence electrons. The van der Waals surface area contributed by atoms with E-state index >= 15 is 0 Å². The average Bonchev–Trinajstić information content (AvgIpc) is 2.93. The molecule has 2 rings (SSSR count). The lowest BCUT2D eigenvalue weighted by atomic mass is 10.1. The number of aromatic nitrogens is 2. The third-order valence-electron chi connectivity index (χ3n) is 3.21. The summed E-state index contributed by atoms with van der Waals surface area (Å²) < 4.78 is 9.66. The normalized spacial score (nSPS) is 16.6. The molecule has 7 heteroatoms. The third-order valence-corrected chi connectivity index (χ3v) is 3.21. The maximum atomic E-state index is 11.5. The van der Waals surface area contributed by atoms with Gasteiger partial charge in [0.15, 0.2) is 5.82 Å². The summed E-state index contributed by atoms with van der Waals surface area (Å²) in [5.41, 5.74) is 0. The van der Waals surface area contributed by atoms with E-state index in [4.69, 9.17) is 4.74 Å². The predicted molar refractivity (Wildman–Crippen MR) is 67.6 cm³/mol. The highest BCUT2D eigenvalue weighted by atomic mass is 16.6. The maximum absolute atomic E-state index is 11.5. The van der Waals surface area contributed by atoms with Crippen molar-refractivity contribution in [2.45, 2.75) is 32.2 Å². The number of nitrogens with one attached hydrogen (secondary N) is 1. The van der Waals surface area contributed by atoms with Gasteiger partial charge in [-0.15, -0.1) is 0 Å². The highest BCUT2D eigenvalue weighted by Gasteiger charge is 2.22. The Kier molecular flexibility index (Phi) is 5.14. The second-order valence-electron chi connectivity index (χ2n) is 4.51. The lowest BCUT2D eigenvalue weighted by Gasteiger charge is -2.31. The smallest absolute Gasteiger partial charge is 0.409 e. The van der Waals surface area contributed by atoms with Gasteiger partial charge in [0.05, 0.1) is 6.61 Å². The molecule has 0 unspecified atom stereocenters. The first-order valence-corrected chi connectivity index (χ1v) is 6.70. The van der Waals surface area contributed by atoms with E-state index < -0.39 is 0 Å². The zero-order valence-electron chi connectivity index (χ0n) is 11.2. The number of likely N-dealkylation sites (tertiary alicyclic amines) is 1. The second-order valence-corrected chi connectivity index (χ2v) is 4.51. The number of ether oxygens (including phenoxy) is 1. The minimum absolute atomic E-state index is 0.201. The van der Waals surface area contributed by atoms with E-state index in [-0.39, 0.29) is 6.09 Å². The lowest BCUT2D eigenvalue weighted by Crippen LogP contribution is -2.45. The predicted octanol–water partition coefficient (Wildman–Crippen LogP) is 0.823. The highest BCUT2D eigenvalue weighted by molar-refractivity contribution is 5.67. The van der Waals surface area contributed by atoms with Crippen molar-refractivity contribution in [2.24, 2.45) is 0 Å². The standard InChI is InChI=1S/C12H20N4O3/c1-2-18-12(17)16-7-4-10(5-8-16)13-6-3-11-14-9-19-15-11/h9-10,13H,2-8H2,1H3. The van der Waals surface area contributed by atoms with Gasteiger partial charge >= 0.3 is 6.09 Å². The zero-order valence-corrected chi connectivity index (χ0v) is 11.2. The minimum atomic E-state index is -0.201. The molecule has 1 N–H and O–H groups in total. The average molecular weight is 268 g/mol. The van der Waals surface area contributed by atoms with Crippen LogP contribution in [0.1, 0.15) is 25.6 Å². The van der Waals surface area contributed by atoms with Gasteiger partial charge < -0.3 is 19.5 Å². The van der Waals surface area contributed by atoms with E-state index in [2.05, 4.69) is 20.0 Å². The molecule has 1 amide bonds. The molecular formula is C12H20N4O3. The molecule has 2 heterocycles. The number of carbonyl (C=O) groups is 1. The highest BCUT2D eigenvalue weighted by Crippen LogP contribution is 2.11. The van der Waals surface area contributed by atoms with Gasteiger partial charge in [0, 0.05) is 32.1 Å². The molecule has 19 heavy (non-hydrogen) atoms. The molecule has 1 aliphatic rings. The largest absolute Gasteiger partial charge is 0.450 e.